The Morgan fingerprint density at radius 2 is 1.69 bits per heavy atom. The number of rotatable bonds is 6. The van der Waals surface area contributed by atoms with Crippen molar-refractivity contribution in [2.45, 2.75) is 11.8 Å². The average Bonchev–Trinajstić information content (AvgIpc) is 3.53. The molecule has 1 amide bonds. The van der Waals surface area contributed by atoms with E-state index in [0.717, 1.165) is 17.5 Å². The van der Waals surface area contributed by atoms with Crippen LogP contribution >= 0.6 is 0 Å². The maximum Gasteiger partial charge on any atom is 0.244 e. The highest BCUT2D eigenvalue weighted by Crippen LogP contribution is 2.58. The van der Waals surface area contributed by atoms with Crippen LogP contribution in [-0.2, 0) is 10.2 Å². The zero-order valence-corrected chi connectivity index (χ0v) is 16.1. The summed E-state index contributed by atoms with van der Waals surface area (Å²) in [6.07, 6.45) is 2.15. The molecule has 0 bridgehead atoms. The van der Waals surface area contributed by atoms with E-state index in [9.17, 15) is 9.90 Å². The molecule has 0 saturated heterocycles. The first kappa shape index (κ1) is 18.7. The second-order valence-electron chi connectivity index (χ2n) is 7.12. The molecule has 1 atom stereocenters. The number of carbonyl (C=O) groups is 1. The fourth-order valence-corrected chi connectivity index (χ4v) is 3.86. The van der Waals surface area contributed by atoms with E-state index >= 15 is 0 Å². The number of phenols is 1. The molecule has 3 aromatic carbocycles. The molecule has 3 aromatic rings. The van der Waals surface area contributed by atoms with Gasteiger partial charge in [-0.1, -0.05) is 60.7 Å². The number of aromatic hydroxyl groups is 1. The monoisotopic (exact) mass is 386 g/mol. The summed E-state index contributed by atoms with van der Waals surface area (Å²) in [6.45, 7) is 0. The van der Waals surface area contributed by atoms with Gasteiger partial charge >= 0.3 is 0 Å². The van der Waals surface area contributed by atoms with E-state index in [0.29, 0.717) is 11.3 Å². The molecular weight excluding hydrogens is 364 g/mol. The lowest BCUT2D eigenvalue weighted by Crippen LogP contribution is -2.25. The van der Waals surface area contributed by atoms with Gasteiger partial charge in [0.05, 0.1) is 19.2 Å². The van der Waals surface area contributed by atoms with Crippen LogP contribution in [0.4, 0.5) is 0 Å². The third-order valence-electron chi connectivity index (χ3n) is 5.47. The van der Waals surface area contributed by atoms with E-state index in [2.05, 4.69) is 34.8 Å². The first-order chi connectivity index (χ1) is 14.1. The molecule has 1 saturated carbocycles. The van der Waals surface area contributed by atoms with E-state index in [1.807, 2.05) is 36.4 Å². The molecule has 2 N–H and O–H groups in total. The minimum Gasteiger partial charge on any atom is -0.507 e. The van der Waals surface area contributed by atoms with Crippen LogP contribution < -0.4 is 10.2 Å². The Balaban J connectivity index is 1.54. The van der Waals surface area contributed by atoms with Gasteiger partial charge in [0.25, 0.3) is 0 Å². The van der Waals surface area contributed by atoms with Crippen LogP contribution in [0.2, 0.25) is 0 Å². The standard InChI is InChI=1S/C24H22N2O3/c1-29-20-12-13-22(27)17(14-20)16-25-26-23(28)21-15-24(21,18-8-4-2-5-9-18)19-10-6-3-7-11-19/h2-14,16,21,27H,15H2,1H3,(H,26,28)/t21-/m0/s1. The third kappa shape index (κ3) is 3.59. The van der Waals surface area contributed by atoms with Crippen molar-refractivity contribution >= 4 is 12.1 Å². The predicted octanol–water partition coefficient (Wildman–Crippen LogP) is 3.86. The van der Waals surface area contributed by atoms with Crippen LogP contribution in [0, 0.1) is 5.92 Å². The highest BCUT2D eigenvalue weighted by atomic mass is 16.5. The Bertz CT molecular complexity index is 993. The summed E-state index contributed by atoms with van der Waals surface area (Å²) >= 11 is 0. The molecular formula is C24H22N2O3. The van der Waals surface area contributed by atoms with Gasteiger partial charge in [0.1, 0.15) is 11.5 Å². The van der Waals surface area contributed by atoms with Gasteiger partial charge in [0.15, 0.2) is 0 Å². The second-order valence-corrected chi connectivity index (χ2v) is 7.12. The fraction of sp³-hybridized carbons (Fsp3) is 0.167. The van der Waals surface area contributed by atoms with Crippen molar-refractivity contribution in [1.29, 1.82) is 0 Å². The molecule has 1 aliphatic rings. The number of methoxy groups -OCH3 is 1. The van der Waals surface area contributed by atoms with Gasteiger partial charge in [-0.2, -0.15) is 5.10 Å². The quantitative estimate of drug-likeness (QED) is 0.499. The maximum absolute atomic E-state index is 12.9. The molecule has 0 heterocycles. The average molecular weight is 386 g/mol. The lowest BCUT2D eigenvalue weighted by atomic mass is 9.85. The van der Waals surface area contributed by atoms with Crippen LogP contribution in [0.3, 0.4) is 0 Å². The van der Waals surface area contributed by atoms with Crippen molar-refractivity contribution in [3.63, 3.8) is 0 Å². The predicted molar refractivity (Wildman–Crippen MR) is 112 cm³/mol. The topological polar surface area (TPSA) is 70.9 Å². The van der Waals surface area contributed by atoms with Gasteiger partial charge < -0.3 is 9.84 Å². The number of hydrogen-bond donors (Lipinski definition) is 2. The lowest BCUT2D eigenvalue weighted by Gasteiger charge is -2.18. The summed E-state index contributed by atoms with van der Waals surface area (Å²) in [5, 5.41) is 14.0. The number of nitrogens with zero attached hydrogens (tertiary/aromatic N) is 1. The highest BCUT2D eigenvalue weighted by molar-refractivity contribution is 5.88. The van der Waals surface area contributed by atoms with E-state index in [4.69, 9.17) is 4.74 Å². The Morgan fingerprint density at radius 1 is 1.07 bits per heavy atom. The molecule has 5 heteroatoms. The normalized spacial score (nSPS) is 17.1. The molecule has 1 fully saturated rings. The molecule has 5 nitrogen and oxygen atoms in total. The molecule has 0 unspecified atom stereocenters. The number of hydrogen-bond acceptors (Lipinski definition) is 4. The number of hydrazone groups is 1. The molecule has 1 aliphatic carbocycles. The zero-order chi connectivity index (χ0) is 20.3. The molecule has 0 aliphatic heterocycles. The molecule has 146 valence electrons. The van der Waals surface area contributed by atoms with Crippen LogP contribution in [-0.4, -0.2) is 24.3 Å². The number of carbonyl (C=O) groups excluding carboxylic acids is 1. The Labute approximate surface area is 169 Å². The van der Waals surface area contributed by atoms with Crippen molar-refractivity contribution in [2.24, 2.45) is 11.0 Å². The maximum atomic E-state index is 12.9. The molecule has 0 radical (unpaired) electrons. The minimum absolute atomic E-state index is 0.0677. The molecule has 29 heavy (non-hydrogen) atoms. The van der Waals surface area contributed by atoms with Crippen molar-refractivity contribution in [2.75, 3.05) is 7.11 Å². The van der Waals surface area contributed by atoms with Gasteiger partial charge in [0.2, 0.25) is 5.91 Å². The van der Waals surface area contributed by atoms with E-state index in [-0.39, 0.29) is 23.0 Å². The van der Waals surface area contributed by atoms with Crippen molar-refractivity contribution in [3.8, 4) is 11.5 Å². The van der Waals surface area contributed by atoms with E-state index < -0.39 is 0 Å². The number of nitrogens with one attached hydrogen (secondary N) is 1. The van der Waals surface area contributed by atoms with Crippen molar-refractivity contribution < 1.29 is 14.6 Å². The van der Waals surface area contributed by atoms with Crippen molar-refractivity contribution in [1.82, 2.24) is 5.43 Å². The number of phenolic OH excluding ortho intramolecular Hbond substituents is 1. The fourth-order valence-electron chi connectivity index (χ4n) is 3.86. The molecule has 4 rings (SSSR count). The van der Waals surface area contributed by atoms with Crippen LogP contribution in [0.1, 0.15) is 23.1 Å². The summed E-state index contributed by atoms with van der Waals surface area (Å²) in [7, 11) is 1.55. The van der Waals surface area contributed by atoms with Gasteiger partial charge in [0, 0.05) is 11.0 Å². The SMILES string of the molecule is COc1ccc(O)c(C=NNC(=O)[C@@H]2CC2(c2ccccc2)c2ccccc2)c1. The first-order valence-corrected chi connectivity index (χ1v) is 9.46. The number of benzene rings is 3. The Hall–Kier alpha value is -3.60. The molecule has 0 spiro atoms. The summed E-state index contributed by atoms with van der Waals surface area (Å²) < 4.78 is 5.15. The number of ether oxygens (including phenoxy) is 1. The largest absolute Gasteiger partial charge is 0.507 e. The minimum atomic E-state index is -0.333. The Morgan fingerprint density at radius 3 is 2.28 bits per heavy atom. The van der Waals surface area contributed by atoms with E-state index in [1.54, 1.807) is 19.2 Å². The smallest absolute Gasteiger partial charge is 0.244 e. The summed E-state index contributed by atoms with van der Waals surface area (Å²) in [5.74, 6) is 0.322. The summed E-state index contributed by atoms with van der Waals surface area (Å²) in [4.78, 5) is 12.9. The van der Waals surface area contributed by atoms with Gasteiger partial charge in [-0.3, -0.25) is 4.79 Å². The number of amides is 1. The van der Waals surface area contributed by atoms with Gasteiger partial charge in [-0.25, -0.2) is 5.43 Å². The van der Waals surface area contributed by atoms with Crippen LogP contribution in [0.5, 0.6) is 11.5 Å². The highest BCUT2D eigenvalue weighted by Gasteiger charge is 2.60. The second kappa shape index (κ2) is 7.80. The van der Waals surface area contributed by atoms with E-state index in [1.165, 1.54) is 12.3 Å². The van der Waals surface area contributed by atoms with Gasteiger partial charge in [-0.05, 0) is 35.7 Å². The Kier molecular flexibility index (Phi) is 5.04. The van der Waals surface area contributed by atoms with Gasteiger partial charge in [-0.15, -0.1) is 0 Å². The first-order valence-electron chi connectivity index (χ1n) is 9.46. The third-order valence-corrected chi connectivity index (χ3v) is 5.47. The zero-order valence-electron chi connectivity index (χ0n) is 16.1. The van der Waals surface area contributed by atoms with Crippen LogP contribution in [0.15, 0.2) is 84.0 Å². The summed E-state index contributed by atoms with van der Waals surface area (Å²) in [6, 6.07) is 25.0. The van der Waals surface area contributed by atoms with Crippen LogP contribution in [0.25, 0.3) is 0 Å². The molecule has 0 aromatic heterocycles. The summed E-state index contributed by atoms with van der Waals surface area (Å²) in [5.41, 5.74) is 5.02. The van der Waals surface area contributed by atoms with Crippen molar-refractivity contribution in [3.05, 3.63) is 95.6 Å². The lowest BCUT2D eigenvalue weighted by molar-refractivity contribution is -0.122.